The molecule has 0 unspecified atom stereocenters. The Balaban J connectivity index is 1.52. The second-order valence-electron chi connectivity index (χ2n) is 7.65. The standard InChI is InChI=1S/C24H20F3N5O/c1-2-18-12-16(8-9-28-18)15-6-7-21-20(13-15)22-30-31-23(32(22)10-11-33-21)29-19-5-3-4-17(14-19)24(25,26)27/h3-9,12-14H,2,10-11H2,1H3,(H,29,31). The van der Waals surface area contributed by atoms with Gasteiger partial charge in [0.05, 0.1) is 17.7 Å². The minimum atomic E-state index is -4.42. The van der Waals surface area contributed by atoms with Crippen LogP contribution in [0.3, 0.4) is 0 Å². The van der Waals surface area contributed by atoms with E-state index in [9.17, 15) is 13.2 Å². The van der Waals surface area contributed by atoms with Crippen LogP contribution in [0.25, 0.3) is 22.5 Å². The number of hydrogen-bond donors (Lipinski definition) is 1. The summed E-state index contributed by atoms with van der Waals surface area (Å²) in [7, 11) is 0. The first-order valence-electron chi connectivity index (χ1n) is 10.5. The Bertz CT molecular complexity index is 1320. The summed E-state index contributed by atoms with van der Waals surface area (Å²) >= 11 is 0. The number of pyridine rings is 1. The molecule has 168 valence electrons. The SMILES string of the molecule is CCc1cc(-c2ccc3c(c2)-c2nnc(Nc4cccc(C(F)(F)F)c4)n2CCO3)ccn1. The first-order valence-corrected chi connectivity index (χ1v) is 10.5. The largest absolute Gasteiger partial charge is 0.491 e. The van der Waals surface area contributed by atoms with Gasteiger partial charge in [-0.3, -0.25) is 9.55 Å². The molecule has 4 aromatic rings. The Morgan fingerprint density at radius 2 is 1.88 bits per heavy atom. The predicted octanol–water partition coefficient (Wildman–Crippen LogP) is 5.72. The molecular formula is C24H20F3N5O. The highest BCUT2D eigenvalue weighted by molar-refractivity contribution is 5.76. The van der Waals surface area contributed by atoms with E-state index in [1.165, 1.54) is 6.07 Å². The van der Waals surface area contributed by atoms with Crippen LogP contribution in [-0.4, -0.2) is 26.4 Å². The number of benzene rings is 2. The summed E-state index contributed by atoms with van der Waals surface area (Å²) in [5, 5.41) is 11.5. The number of nitrogens with zero attached hydrogens (tertiary/aromatic N) is 4. The summed E-state index contributed by atoms with van der Waals surface area (Å²) < 4.78 is 47.0. The summed E-state index contributed by atoms with van der Waals surface area (Å²) in [6.07, 6.45) is -1.80. The normalized spacial score (nSPS) is 13.0. The van der Waals surface area contributed by atoms with Gasteiger partial charge in [0, 0.05) is 17.6 Å². The number of halogens is 3. The molecule has 0 amide bonds. The van der Waals surface area contributed by atoms with Crippen molar-refractivity contribution in [3.8, 4) is 28.3 Å². The van der Waals surface area contributed by atoms with Crippen LogP contribution in [0.4, 0.5) is 24.8 Å². The zero-order chi connectivity index (χ0) is 23.0. The molecule has 0 saturated carbocycles. The minimum Gasteiger partial charge on any atom is -0.491 e. The number of aromatic nitrogens is 4. The number of fused-ring (bicyclic) bond motifs is 3. The monoisotopic (exact) mass is 451 g/mol. The van der Waals surface area contributed by atoms with E-state index in [0.29, 0.717) is 30.7 Å². The van der Waals surface area contributed by atoms with E-state index in [0.717, 1.165) is 40.9 Å². The molecule has 1 N–H and O–H groups in total. The summed E-state index contributed by atoms with van der Waals surface area (Å²) in [6, 6.07) is 14.9. The Hall–Kier alpha value is -3.88. The number of anilines is 2. The third-order valence-electron chi connectivity index (χ3n) is 5.50. The van der Waals surface area contributed by atoms with Gasteiger partial charge < -0.3 is 10.1 Å². The number of hydrogen-bond acceptors (Lipinski definition) is 5. The van der Waals surface area contributed by atoms with E-state index in [1.54, 1.807) is 12.3 Å². The van der Waals surface area contributed by atoms with Gasteiger partial charge in [0.25, 0.3) is 0 Å². The zero-order valence-corrected chi connectivity index (χ0v) is 17.7. The third kappa shape index (κ3) is 4.13. The lowest BCUT2D eigenvalue weighted by atomic mass is 10.0. The Morgan fingerprint density at radius 3 is 2.70 bits per heavy atom. The van der Waals surface area contributed by atoms with Crippen molar-refractivity contribution in [2.24, 2.45) is 0 Å². The van der Waals surface area contributed by atoms with Crippen LogP contribution in [0.1, 0.15) is 18.2 Å². The van der Waals surface area contributed by atoms with Crippen LogP contribution in [0.15, 0.2) is 60.8 Å². The first kappa shape index (κ1) is 21.0. The Morgan fingerprint density at radius 1 is 1.03 bits per heavy atom. The molecule has 2 aromatic carbocycles. The van der Waals surface area contributed by atoms with E-state index in [4.69, 9.17) is 4.74 Å². The smallest absolute Gasteiger partial charge is 0.416 e. The highest BCUT2D eigenvalue weighted by Gasteiger charge is 2.30. The van der Waals surface area contributed by atoms with Gasteiger partial charge in [0.15, 0.2) is 5.82 Å². The molecule has 9 heteroatoms. The lowest BCUT2D eigenvalue weighted by Gasteiger charge is -2.11. The highest BCUT2D eigenvalue weighted by Crippen LogP contribution is 2.37. The lowest BCUT2D eigenvalue weighted by Crippen LogP contribution is -2.10. The molecule has 0 atom stereocenters. The third-order valence-corrected chi connectivity index (χ3v) is 5.50. The van der Waals surface area contributed by atoms with Crippen molar-refractivity contribution in [1.82, 2.24) is 19.7 Å². The van der Waals surface area contributed by atoms with Gasteiger partial charge in [-0.2, -0.15) is 13.2 Å². The number of ether oxygens (including phenoxy) is 1. The van der Waals surface area contributed by atoms with Gasteiger partial charge in [-0.25, -0.2) is 0 Å². The maximum Gasteiger partial charge on any atom is 0.416 e. The van der Waals surface area contributed by atoms with Crippen molar-refractivity contribution in [2.75, 3.05) is 11.9 Å². The number of aryl methyl sites for hydroxylation is 1. The number of rotatable bonds is 4. The highest BCUT2D eigenvalue weighted by atomic mass is 19.4. The van der Waals surface area contributed by atoms with Gasteiger partial charge in [-0.05, 0) is 60.0 Å². The molecule has 2 aromatic heterocycles. The van der Waals surface area contributed by atoms with Gasteiger partial charge in [-0.1, -0.05) is 19.1 Å². The Labute approximate surface area is 188 Å². The lowest BCUT2D eigenvalue weighted by molar-refractivity contribution is -0.137. The molecule has 1 aliphatic rings. The van der Waals surface area contributed by atoms with E-state index >= 15 is 0 Å². The van der Waals surface area contributed by atoms with Crippen molar-refractivity contribution in [3.63, 3.8) is 0 Å². The van der Waals surface area contributed by atoms with Crippen LogP contribution < -0.4 is 10.1 Å². The van der Waals surface area contributed by atoms with E-state index in [1.807, 2.05) is 34.9 Å². The first-order chi connectivity index (χ1) is 15.9. The molecule has 0 aliphatic carbocycles. The summed E-state index contributed by atoms with van der Waals surface area (Å²) in [4.78, 5) is 4.36. The van der Waals surface area contributed by atoms with Gasteiger partial charge in [0.2, 0.25) is 5.95 Å². The molecule has 1 aliphatic heterocycles. The maximum absolute atomic E-state index is 13.1. The van der Waals surface area contributed by atoms with E-state index < -0.39 is 11.7 Å². The van der Waals surface area contributed by atoms with Crippen LogP contribution in [0, 0.1) is 0 Å². The fourth-order valence-corrected chi connectivity index (χ4v) is 3.82. The summed E-state index contributed by atoms with van der Waals surface area (Å²) in [5.74, 6) is 1.62. The molecule has 5 rings (SSSR count). The average Bonchev–Trinajstić information content (AvgIpc) is 3.11. The second kappa shape index (κ2) is 8.23. The predicted molar refractivity (Wildman–Crippen MR) is 118 cm³/mol. The van der Waals surface area contributed by atoms with Gasteiger partial charge in [0.1, 0.15) is 12.4 Å². The fourth-order valence-electron chi connectivity index (χ4n) is 3.82. The van der Waals surface area contributed by atoms with Crippen molar-refractivity contribution in [3.05, 3.63) is 72.1 Å². The van der Waals surface area contributed by atoms with Crippen molar-refractivity contribution >= 4 is 11.6 Å². The molecule has 6 nitrogen and oxygen atoms in total. The quantitative estimate of drug-likeness (QED) is 0.430. The molecular weight excluding hydrogens is 431 g/mol. The number of nitrogens with one attached hydrogen (secondary N) is 1. The molecule has 0 saturated heterocycles. The van der Waals surface area contributed by atoms with E-state index in [2.05, 4.69) is 27.4 Å². The Kier molecular flexibility index (Phi) is 5.24. The summed E-state index contributed by atoms with van der Waals surface area (Å²) in [6.45, 7) is 2.88. The van der Waals surface area contributed by atoms with Crippen LogP contribution in [-0.2, 0) is 19.1 Å². The molecule has 0 fully saturated rings. The van der Waals surface area contributed by atoms with Crippen molar-refractivity contribution in [1.29, 1.82) is 0 Å². The molecule has 0 spiro atoms. The minimum absolute atomic E-state index is 0.281. The van der Waals surface area contributed by atoms with Crippen LogP contribution in [0.5, 0.6) is 5.75 Å². The van der Waals surface area contributed by atoms with Gasteiger partial charge >= 0.3 is 6.18 Å². The van der Waals surface area contributed by atoms with Crippen molar-refractivity contribution < 1.29 is 17.9 Å². The van der Waals surface area contributed by atoms with Crippen LogP contribution >= 0.6 is 0 Å². The zero-order valence-electron chi connectivity index (χ0n) is 17.7. The average molecular weight is 451 g/mol. The number of alkyl halides is 3. The van der Waals surface area contributed by atoms with Crippen molar-refractivity contribution in [2.45, 2.75) is 26.1 Å². The topological polar surface area (TPSA) is 64.9 Å². The second-order valence-corrected chi connectivity index (χ2v) is 7.65. The van der Waals surface area contributed by atoms with E-state index in [-0.39, 0.29) is 5.69 Å². The molecule has 3 heterocycles. The van der Waals surface area contributed by atoms with Crippen LogP contribution in [0.2, 0.25) is 0 Å². The molecule has 33 heavy (non-hydrogen) atoms. The summed E-state index contributed by atoms with van der Waals surface area (Å²) in [5.41, 5.74) is 3.33. The fraction of sp³-hybridized carbons (Fsp3) is 0.208. The molecule has 0 radical (unpaired) electrons. The van der Waals surface area contributed by atoms with Gasteiger partial charge in [-0.15, -0.1) is 10.2 Å². The maximum atomic E-state index is 13.1. The molecule has 0 bridgehead atoms.